The fraction of sp³-hybridized carbons (Fsp3) is 0.769. The predicted molar refractivity (Wildman–Crippen MR) is 77.8 cm³/mol. The van der Waals surface area contributed by atoms with E-state index in [4.69, 9.17) is 4.98 Å². The van der Waals surface area contributed by atoms with Crippen molar-refractivity contribution in [1.29, 1.82) is 0 Å². The first-order valence-electron chi connectivity index (χ1n) is 6.51. The van der Waals surface area contributed by atoms with Crippen molar-refractivity contribution < 1.29 is 0 Å². The van der Waals surface area contributed by atoms with Gasteiger partial charge in [-0.2, -0.15) is 11.8 Å². The molecule has 1 fully saturated rings. The summed E-state index contributed by atoms with van der Waals surface area (Å²) in [7, 11) is 0. The number of rotatable bonds is 7. The maximum Gasteiger partial charge on any atom is 0.103 e. The zero-order valence-electron chi connectivity index (χ0n) is 11.0. The van der Waals surface area contributed by atoms with E-state index in [-0.39, 0.29) is 0 Å². The molecule has 0 saturated heterocycles. The molecule has 1 saturated carbocycles. The normalized spacial score (nSPS) is 15.8. The summed E-state index contributed by atoms with van der Waals surface area (Å²) in [6.45, 7) is 7.72. The molecule has 0 radical (unpaired) electrons. The van der Waals surface area contributed by atoms with Crippen LogP contribution in [0.5, 0.6) is 0 Å². The maximum atomic E-state index is 4.76. The van der Waals surface area contributed by atoms with Gasteiger partial charge in [0.25, 0.3) is 0 Å². The minimum atomic E-state index is 0.692. The van der Waals surface area contributed by atoms with E-state index >= 15 is 0 Å². The van der Waals surface area contributed by atoms with Gasteiger partial charge in [-0.1, -0.05) is 20.8 Å². The van der Waals surface area contributed by atoms with Crippen molar-refractivity contribution in [3.05, 3.63) is 15.6 Å². The van der Waals surface area contributed by atoms with E-state index in [9.17, 15) is 0 Å². The number of hydrogen-bond acceptors (Lipinski definition) is 4. The van der Waals surface area contributed by atoms with Crippen molar-refractivity contribution in [3.63, 3.8) is 0 Å². The van der Waals surface area contributed by atoms with E-state index in [2.05, 4.69) is 26.1 Å². The Labute approximate surface area is 113 Å². The summed E-state index contributed by atoms with van der Waals surface area (Å²) in [5, 5.41) is 5.58. The Kier molecular flexibility index (Phi) is 4.88. The Morgan fingerprint density at radius 3 is 2.82 bits per heavy atom. The Hall–Kier alpha value is -0.0600. The number of thioether (sulfide) groups is 1. The van der Waals surface area contributed by atoms with Crippen LogP contribution in [0.4, 0.5) is 0 Å². The first kappa shape index (κ1) is 13.4. The largest absolute Gasteiger partial charge is 0.309 e. The van der Waals surface area contributed by atoms with Gasteiger partial charge in [-0.15, -0.1) is 11.3 Å². The molecule has 1 aromatic heterocycles. The van der Waals surface area contributed by atoms with Crippen LogP contribution in [0.3, 0.4) is 0 Å². The Bertz CT molecular complexity index is 356. The third-order valence-electron chi connectivity index (χ3n) is 2.83. The van der Waals surface area contributed by atoms with Crippen LogP contribution in [0, 0.1) is 0 Å². The van der Waals surface area contributed by atoms with Crippen molar-refractivity contribution in [2.75, 3.05) is 0 Å². The van der Waals surface area contributed by atoms with Crippen molar-refractivity contribution in [2.24, 2.45) is 0 Å². The van der Waals surface area contributed by atoms with Crippen LogP contribution in [0.1, 0.15) is 49.2 Å². The first-order valence-corrected chi connectivity index (χ1v) is 8.38. The van der Waals surface area contributed by atoms with Gasteiger partial charge >= 0.3 is 0 Å². The van der Waals surface area contributed by atoms with Gasteiger partial charge in [-0.3, -0.25) is 0 Å². The van der Waals surface area contributed by atoms with Gasteiger partial charge in [0.15, 0.2) is 0 Å². The SMILES string of the molecule is CCc1nc(CSC(C)C)sc1CNC1CC1. The lowest BCUT2D eigenvalue weighted by atomic mass is 10.3. The average Bonchev–Trinajstić information content (AvgIpc) is 3.04. The van der Waals surface area contributed by atoms with E-state index in [1.165, 1.54) is 28.4 Å². The highest BCUT2D eigenvalue weighted by atomic mass is 32.2. The molecule has 1 heterocycles. The predicted octanol–water partition coefficient (Wildman–Crippen LogP) is 3.60. The minimum absolute atomic E-state index is 0.692. The second kappa shape index (κ2) is 6.21. The molecule has 96 valence electrons. The number of nitrogens with zero attached hydrogens (tertiary/aromatic N) is 1. The van der Waals surface area contributed by atoms with Crippen LogP contribution in [0.15, 0.2) is 0 Å². The fourth-order valence-corrected chi connectivity index (χ4v) is 3.56. The van der Waals surface area contributed by atoms with Crippen LogP contribution < -0.4 is 5.32 Å². The number of aryl methyl sites for hydroxylation is 1. The molecular formula is C13H22N2S2. The molecular weight excluding hydrogens is 248 g/mol. The second-order valence-electron chi connectivity index (χ2n) is 4.85. The Balaban J connectivity index is 1.92. The number of hydrogen-bond donors (Lipinski definition) is 1. The Morgan fingerprint density at radius 2 is 2.24 bits per heavy atom. The fourth-order valence-electron chi connectivity index (χ4n) is 1.68. The van der Waals surface area contributed by atoms with Gasteiger partial charge in [-0.05, 0) is 24.5 Å². The first-order chi connectivity index (χ1) is 8.19. The summed E-state index contributed by atoms with van der Waals surface area (Å²) in [4.78, 5) is 6.21. The summed E-state index contributed by atoms with van der Waals surface area (Å²) >= 11 is 3.88. The van der Waals surface area contributed by atoms with E-state index in [1.54, 1.807) is 0 Å². The lowest BCUT2D eigenvalue weighted by Crippen LogP contribution is -2.15. The zero-order valence-corrected chi connectivity index (χ0v) is 12.6. The molecule has 1 N–H and O–H groups in total. The minimum Gasteiger partial charge on any atom is -0.309 e. The van der Waals surface area contributed by atoms with E-state index in [1.807, 2.05) is 23.1 Å². The Morgan fingerprint density at radius 1 is 1.47 bits per heavy atom. The molecule has 2 rings (SSSR count). The van der Waals surface area contributed by atoms with Crippen LogP contribution in [0.2, 0.25) is 0 Å². The molecule has 2 nitrogen and oxygen atoms in total. The summed E-state index contributed by atoms with van der Waals surface area (Å²) in [5.74, 6) is 1.07. The number of nitrogens with one attached hydrogen (secondary N) is 1. The van der Waals surface area contributed by atoms with Crippen LogP contribution in [-0.2, 0) is 18.7 Å². The summed E-state index contributed by atoms with van der Waals surface area (Å²) < 4.78 is 0. The second-order valence-corrected chi connectivity index (χ2v) is 7.58. The lowest BCUT2D eigenvalue weighted by molar-refractivity contribution is 0.689. The lowest BCUT2D eigenvalue weighted by Gasteiger charge is -2.01. The van der Waals surface area contributed by atoms with Gasteiger partial charge in [-0.25, -0.2) is 4.98 Å². The summed E-state index contributed by atoms with van der Waals surface area (Å²) in [6, 6.07) is 0.787. The van der Waals surface area contributed by atoms with Crippen molar-refractivity contribution >= 4 is 23.1 Å². The standard InChI is InChI=1S/C13H22N2S2/c1-4-11-12(7-14-10-5-6-10)17-13(15-11)8-16-9(2)3/h9-10,14H,4-8H2,1-3H3. The van der Waals surface area contributed by atoms with E-state index in [0.29, 0.717) is 5.25 Å². The average molecular weight is 270 g/mol. The molecule has 0 unspecified atom stereocenters. The zero-order chi connectivity index (χ0) is 12.3. The maximum absolute atomic E-state index is 4.76. The smallest absolute Gasteiger partial charge is 0.103 e. The van der Waals surface area contributed by atoms with Crippen molar-refractivity contribution in [3.8, 4) is 0 Å². The van der Waals surface area contributed by atoms with Crippen molar-refractivity contribution in [1.82, 2.24) is 10.3 Å². The molecule has 0 amide bonds. The number of thiazole rings is 1. The molecule has 17 heavy (non-hydrogen) atoms. The summed E-state index contributed by atoms with van der Waals surface area (Å²) in [6.07, 6.45) is 3.77. The van der Waals surface area contributed by atoms with Gasteiger partial charge < -0.3 is 5.32 Å². The van der Waals surface area contributed by atoms with Gasteiger partial charge in [0.2, 0.25) is 0 Å². The molecule has 1 aliphatic carbocycles. The third kappa shape index (κ3) is 4.27. The highest BCUT2D eigenvalue weighted by molar-refractivity contribution is 7.99. The number of aromatic nitrogens is 1. The third-order valence-corrected chi connectivity index (χ3v) is 5.21. The monoisotopic (exact) mass is 270 g/mol. The highest BCUT2D eigenvalue weighted by Gasteiger charge is 2.21. The summed E-state index contributed by atoms with van der Waals surface area (Å²) in [5.41, 5.74) is 1.31. The molecule has 1 aliphatic rings. The van der Waals surface area contributed by atoms with Crippen LogP contribution >= 0.6 is 23.1 Å². The van der Waals surface area contributed by atoms with Gasteiger partial charge in [0.1, 0.15) is 5.01 Å². The molecule has 0 spiro atoms. The van der Waals surface area contributed by atoms with Gasteiger partial charge in [0, 0.05) is 23.2 Å². The van der Waals surface area contributed by atoms with Crippen LogP contribution in [0.25, 0.3) is 0 Å². The van der Waals surface area contributed by atoms with Crippen molar-refractivity contribution in [2.45, 2.75) is 63.6 Å². The molecule has 0 bridgehead atoms. The molecule has 0 atom stereocenters. The van der Waals surface area contributed by atoms with Gasteiger partial charge in [0.05, 0.1) is 5.69 Å². The molecule has 0 aliphatic heterocycles. The molecule has 0 aromatic carbocycles. The molecule has 1 aromatic rings. The topological polar surface area (TPSA) is 24.9 Å². The van der Waals surface area contributed by atoms with Crippen LogP contribution in [-0.4, -0.2) is 16.3 Å². The molecule has 4 heteroatoms. The van der Waals surface area contributed by atoms with E-state index < -0.39 is 0 Å². The quantitative estimate of drug-likeness (QED) is 0.819. The van der Waals surface area contributed by atoms with E-state index in [0.717, 1.165) is 24.8 Å². The highest BCUT2D eigenvalue weighted by Crippen LogP contribution is 2.26.